The molecule has 0 radical (unpaired) electrons. The summed E-state index contributed by atoms with van der Waals surface area (Å²) in [6.07, 6.45) is 5.71. The van der Waals surface area contributed by atoms with Crippen LogP contribution in [0.5, 0.6) is 5.75 Å². The Kier molecular flexibility index (Phi) is 5.39. The van der Waals surface area contributed by atoms with Gasteiger partial charge in [0.1, 0.15) is 17.0 Å². The molecular weight excluding hydrogens is 486 g/mol. The van der Waals surface area contributed by atoms with Crippen LogP contribution in [0.3, 0.4) is 0 Å². The van der Waals surface area contributed by atoms with E-state index in [-0.39, 0.29) is 12.6 Å². The number of hydrogen-bond acceptors (Lipinski definition) is 4. The molecule has 0 N–H and O–H groups in total. The molecule has 0 saturated heterocycles. The Hall–Kier alpha value is -3.41. The molecule has 2 fully saturated rings. The second-order valence-electron chi connectivity index (χ2n) is 12.3. The van der Waals surface area contributed by atoms with Crippen molar-refractivity contribution < 1.29 is 14.3 Å². The van der Waals surface area contributed by atoms with Gasteiger partial charge in [-0.2, -0.15) is 0 Å². The highest BCUT2D eigenvalue weighted by Crippen LogP contribution is 2.63. The first-order valence-corrected chi connectivity index (χ1v) is 14.2. The zero-order valence-electron chi connectivity index (χ0n) is 23.1. The van der Waals surface area contributed by atoms with Crippen LogP contribution in [0, 0.1) is 42.7 Å². The Morgan fingerprint density at radius 1 is 1.00 bits per heavy atom. The second kappa shape index (κ2) is 8.54. The molecular formula is C34H35NO4. The smallest absolute Gasteiger partial charge is 0.344 e. The first kappa shape index (κ1) is 24.6. The minimum Gasteiger partial charge on any atom is -0.616 e. The summed E-state index contributed by atoms with van der Waals surface area (Å²) >= 11 is 0. The average Bonchev–Trinajstić information content (AvgIpc) is 3.22. The summed E-state index contributed by atoms with van der Waals surface area (Å²) < 4.78 is 11.7. The lowest BCUT2D eigenvalue weighted by Gasteiger charge is -2.45. The lowest BCUT2D eigenvalue weighted by molar-refractivity contribution is -0.172. The number of ether oxygens (including phenoxy) is 2. The molecule has 5 heteroatoms. The van der Waals surface area contributed by atoms with Crippen LogP contribution in [0.15, 0.2) is 72.3 Å². The van der Waals surface area contributed by atoms with Gasteiger partial charge in [0, 0.05) is 41.3 Å². The molecule has 3 aliphatic carbocycles. The lowest BCUT2D eigenvalue weighted by Crippen LogP contribution is -2.48. The van der Waals surface area contributed by atoms with E-state index in [0.717, 1.165) is 41.5 Å². The first-order valence-electron chi connectivity index (χ1n) is 14.2. The van der Waals surface area contributed by atoms with Gasteiger partial charge in [-0.1, -0.05) is 42.8 Å². The largest absolute Gasteiger partial charge is 0.616 e. The Balaban J connectivity index is 1.12. The molecule has 3 aromatic carbocycles. The van der Waals surface area contributed by atoms with Crippen LogP contribution in [0.4, 0.5) is 17.1 Å². The highest BCUT2D eigenvalue weighted by atomic mass is 16.6. The highest BCUT2D eigenvalue weighted by molar-refractivity contribution is 5.98. The lowest BCUT2D eigenvalue weighted by atomic mass is 9.64. The Morgan fingerprint density at radius 3 is 2.26 bits per heavy atom. The third-order valence-electron chi connectivity index (χ3n) is 9.91. The number of carbonyl (C=O) groups excluding carboxylic acids is 1. The zero-order valence-corrected chi connectivity index (χ0v) is 23.1. The number of benzene rings is 3. The van der Waals surface area contributed by atoms with Crippen LogP contribution >= 0.6 is 0 Å². The number of allylic oxidation sites excluding steroid dienone is 2. The molecule has 39 heavy (non-hydrogen) atoms. The number of carbonyl (C=O) groups is 1. The summed E-state index contributed by atoms with van der Waals surface area (Å²) in [6.45, 7) is 8.15. The molecule has 1 aliphatic heterocycles. The second-order valence-corrected chi connectivity index (χ2v) is 12.3. The van der Waals surface area contributed by atoms with E-state index in [0.29, 0.717) is 46.5 Å². The van der Waals surface area contributed by atoms with E-state index in [1.54, 1.807) is 5.57 Å². The SMILES string of the molecule is Cc1cc([N+]2([O-])c3ccccc3-c3ccccc32)cc(C)c1OCC(=O)OC1(C)C2CC(C)C=C3CC1C3C2. The van der Waals surface area contributed by atoms with Crippen molar-refractivity contribution in [2.24, 2.45) is 23.7 Å². The maximum absolute atomic E-state index is 14.7. The predicted octanol–water partition coefficient (Wildman–Crippen LogP) is 8.06. The van der Waals surface area contributed by atoms with Gasteiger partial charge in [-0.15, -0.1) is 0 Å². The maximum atomic E-state index is 14.7. The summed E-state index contributed by atoms with van der Waals surface area (Å²) in [7, 11) is 0. The molecule has 1 heterocycles. The summed E-state index contributed by atoms with van der Waals surface area (Å²) in [5.41, 5.74) is 6.79. The van der Waals surface area contributed by atoms with E-state index in [9.17, 15) is 10.0 Å². The fourth-order valence-electron chi connectivity index (χ4n) is 8.07. The summed E-state index contributed by atoms with van der Waals surface area (Å²) in [5, 5.41) is 14.7. The van der Waals surface area contributed by atoms with E-state index < -0.39 is 10.2 Å². The molecule has 2 bridgehead atoms. The zero-order chi connectivity index (χ0) is 27.1. The van der Waals surface area contributed by atoms with Gasteiger partial charge >= 0.3 is 5.97 Å². The molecule has 5 nitrogen and oxygen atoms in total. The van der Waals surface area contributed by atoms with E-state index >= 15 is 0 Å². The minimum atomic E-state index is -0.645. The van der Waals surface area contributed by atoms with Gasteiger partial charge < -0.3 is 14.7 Å². The Morgan fingerprint density at radius 2 is 1.62 bits per heavy atom. The van der Waals surface area contributed by atoms with Gasteiger partial charge in [0.05, 0.1) is 0 Å². The predicted molar refractivity (Wildman–Crippen MR) is 154 cm³/mol. The van der Waals surface area contributed by atoms with Crippen LogP contribution < -0.4 is 9.38 Å². The summed E-state index contributed by atoms with van der Waals surface area (Å²) in [5.74, 6) is 2.27. The number of quaternary nitrogens is 1. The van der Waals surface area contributed by atoms with E-state index in [1.807, 2.05) is 74.5 Å². The van der Waals surface area contributed by atoms with Gasteiger partial charge in [0.25, 0.3) is 0 Å². The van der Waals surface area contributed by atoms with Crippen molar-refractivity contribution in [1.29, 1.82) is 0 Å². The molecule has 5 unspecified atom stereocenters. The first-order chi connectivity index (χ1) is 18.7. The maximum Gasteiger partial charge on any atom is 0.344 e. The Bertz CT molecular complexity index is 1470. The number of hydrogen-bond donors (Lipinski definition) is 0. The van der Waals surface area contributed by atoms with E-state index in [2.05, 4.69) is 19.9 Å². The Labute approximate surface area is 230 Å². The molecule has 0 spiro atoms. The van der Waals surface area contributed by atoms with Gasteiger partial charge in [-0.25, -0.2) is 4.79 Å². The monoisotopic (exact) mass is 521 g/mol. The molecule has 200 valence electrons. The molecule has 3 aromatic rings. The number of aryl methyl sites for hydroxylation is 2. The highest BCUT2D eigenvalue weighted by Gasteiger charge is 2.61. The van der Waals surface area contributed by atoms with Crippen LogP contribution in [-0.4, -0.2) is 18.2 Å². The fourth-order valence-corrected chi connectivity index (χ4v) is 8.07. The fraction of sp³-hybridized carbons (Fsp3) is 0.382. The third kappa shape index (κ3) is 3.49. The third-order valence-corrected chi connectivity index (χ3v) is 9.91. The van der Waals surface area contributed by atoms with E-state index in [1.165, 1.54) is 0 Å². The summed E-state index contributed by atoms with van der Waals surface area (Å²) in [4.78, 5) is 13.1. The quantitative estimate of drug-likeness (QED) is 0.147. The topological polar surface area (TPSA) is 58.6 Å². The van der Waals surface area contributed by atoms with Gasteiger partial charge in [-0.05, 0) is 81.0 Å². The number of para-hydroxylation sites is 2. The van der Waals surface area contributed by atoms with Crippen molar-refractivity contribution >= 4 is 23.0 Å². The molecule has 2 saturated carbocycles. The minimum absolute atomic E-state index is 0.137. The molecule has 0 amide bonds. The molecule has 5 atom stereocenters. The van der Waals surface area contributed by atoms with Gasteiger partial charge in [0.15, 0.2) is 18.0 Å². The van der Waals surface area contributed by atoms with Crippen molar-refractivity contribution in [3.05, 3.63) is 88.6 Å². The normalized spacial score (nSPS) is 29.0. The molecule has 0 aromatic heterocycles. The standard InChI is InChI=1S/C34H35NO4/c1-20-13-23-17-29-28(23)18-24(14-20)34(29,4)39-32(36)19-38-33-21(2)15-25(16-22(33)3)35(37)30-11-7-5-9-26(30)27-10-6-8-12-31(27)35/h5-13,15-16,20,24,28-29H,14,17-19H2,1-4H3. The average molecular weight is 522 g/mol. The van der Waals surface area contributed by atoms with Crippen molar-refractivity contribution in [3.8, 4) is 16.9 Å². The molecule has 4 aliphatic rings. The van der Waals surface area contributed by atoms with Crippen molar-refractivity contribution in [3.63, 3.8) is 0 Å². The van der Waals surface area contributed by atoms with Crippen molar-refractivity contribution in [2.45, 2.75) is 52.6 Å². The number of fused-ring (bicyclic) bond motifs is 4. The summed E-state index contributed by atoms with van der Waals surface area (Å²) in [6, 6.07) is 19.4. The number of rotatable bonds is 5. The van der Waals surface area contributed by atoms with Gasteiger partial charge in [0.2, 0.25) is 0 Å². The van der Waals surface area contributed by atoms with Crippen molar-refractivity contribution in [1.82, 2.24) is 4.65 Å². The van der Waals surface area contributed by atoms with Crippen LogP contribution in [0.2, 0.25) is 0 Å². The van der Waals surface area contributed by atoms with Crippen LogP contribution in [0.25, 0.3) is 11.1 Å². The number of nitrogens with zero attached hydrogens (tertiary/aromatic N) is 1. The molecule has 7 rings (SSSR count). The van der Waals surface area contributed by atoms with Gasteiger partial charge in [-0.3, -0.25) is 4.65 Å². The van der Waals surface area contributed by atoms with Crippen LogP contribution in [0.1, 0.15) is 44.2 Å². The van der Waals surface area contributed by atoms with Crippen molar-refractivity contribution in [2.75, 3.05) is 6.61 Å². The van der Waals surface area contributed by atoms with Crippen LogP contribution in [-0.2, 0) is 9.53 Å². The van der Waals surface area contributed by atoms with E-state index in [4.69, 9.17) is 9.47 Å². The number of esters is 1.